The van der Waals surface area contributed by atoms with E-state index in [0.29, 0.717) is 18.7 Å². The van der Waals surface area contributed by atoms with Crippen molar-refractivity contribution in [1.82, 2.24) is 9.78 Å². The second-order valence-electron chi connectivity index (χ2n) is 6.24. The minimum absolute atomic E-state index is 0.151. The maximum atomic E-state index is 14.4. The third-order valence-electron chi connectivity index (χ3n) is 4.67. The molecule has 0 saturated heterocycles. The van der Waals surface area contributed by atoms with Gasteiger partial charge in [0.1, 0.15) is 0 Å². The SMILES string of the molecule is CCc1cc(F)c2c(c1)N(Cc1c(C)nn(C)c1C)C(=O)[C@@H](C)O2. The molecule has 1 aromatic heterocycles. The summed E-state index contributed by atoms with van der Waals surface area (Å²) in [6.45, 7) is 7.84. The van der Waals surface area contributed by atoms with Crippen LogP contribution in [0.3, 0.4) is 0 Å². The molecule has 0 N–H and O–H groups in total. The van der Waals surface area contributed by atoms with Crippen LogP contribution in [0.5, 0.6) is 5.75 Å². The van der Waals surface area contributed by atoms with Crippen LogP contribution in [0.2, 0.25) is 0 Å². The Hall–Kier alpha value is -2.37. The number of ether oxygens (including phenoxy) is 1. The highest BCUT2D eigenvalue weighted by Crippen LogP contribution is 2.38. The molecule has 6 heteroatoms. The van der Waals surface area contributed by atoms with Crippen LogP contribution in [-0.2, 0) is 24.8 Å². The quantitative estimate of drug-likeness (QED) is 0.868. The Balaban J connectivity index is 2.10. The highest BCUT2D eigenvalue weighted by molar-refractivity contribution is 5.99. The average molecular weight is 331 g/mol. The third kappa shape index (κ3) is 2.56. The Kier molecular flexibility index (Phi) is 4.07. The number of nitrogens with zero attached hydrogens (tertiary/aromatic N) is 3. The van der Waals surface area contributed by atoms with Crippen molar-refractivity contribution < 1.29 is 13.9 Å². The number of benzene rings is 1. The highest BCUT2D eigenvalue weighted by atomic mass is 19.1. The Labute approximate surface area is 141 Å². The van der Waals surface area contributed by atoms with Crippen LogP contribution < -0.4 is 9.64 Å². The lowest BCUT2D eigenvalue weighted by atomic mass is 10.1. The van der Waals surface area contributed by atoms with Crippen LogP contribution >= 0.6 is 0 Å². The topological polar surface area (TPSA) is 47.4 Å². The number of anilines is 1. The summed E-state index contributed by atoms with van der Waals surface area (Å²) in [5.41, 5.74) is 4.18. The molecular weight excluding hydrogens is 309 g/mol. The Morgan fingerprint density at radius 3 is 2.62 bits per heavy atom. The Morgan fingerprint density at radius 1 is 1.33 bits per heavy atom. The molecule has 128 valence electrons. The molecule has 5 nitrogen and oxygen atoms in total. The Bertz CT molecular complexity index is 813. The van der Waals surface area contributed by atoms with Crippen molar-refractivity contribution in [1.29, 1.82) is 0 Å². The van der Waals surface area contributed by atoms with E-state index in [1.807, 2.05) is 33.9 Å². The van der Waals surface area contributed by atoms with Gasteiger partial charge >= 0.3 is 0 Å². The van der Waals surface area contributed by atoms with Crippen molar-refractivity contribution in [3.8, 4) is 5.75 Å². The summed E-state index contributed by atoms with van der Waals surface area (Å²) in [5, 5.41) is 4.40. The molecule has 2 aromatic rings. The van der Waals surface area contributed by atoms with Crippen LogP contribution in [0.4, 0.5) is 10.1 Å². The number of halogens is 1. The maximum Gasteiger partial charge on any atom is 0.268 e. The van der Waals surface area contributed by atoms with Crippen LogP contribution in [0.25, 0.3) is 0 Å². The number of fused-ring (bicyclic) bond motifs is 1. The normalized spacial score (nSPS) is 17.0. The number of hydrogen-bond acceptors (Lipinski definition) is 3. The zero-order valence-electron chi connectivity index (χ0n) is 14.7. The molecule has 0 bridgehead atoms. The number of hydrogen-bond donors (Lipinski definition) is 0. The van der Waals surface area contributed by atoms with E-state index < -0.39 is 11.9 Å². The van der Waals surface area contributed by atoms with Gasteiger partial charge in [-0.05, 0) is 44.9 Å². The lowest BCUT2D eigenvalue weighted by molar-refractivity contribution is -0.125. The summed E-state index contributed by atoms with van der Waals surface area (Å²) < 4.78 is 21.7. The van der Waals surface area contributed by atoms with Gasteiger partial charge in [0.05, 0.1) is 17.9 Å². The first kappa shape index (κ1) is 16.5. The van der Waals surface area contributed by atoms with E-state index in [-0.39, 0.29) is 11.7 Å². The molecule has 1 aromatic carbocycles. The van der Waals surface area contributed by atoms with Crippen molar-refractivity contribution in [3.63, 3.8) is 0 Å². The van der Waals surface area contributed by atoms with Gasteiger partial charge in [-0.1, -0.05) is 6.92 Å². The maximum absolute atomic E-state index is 14.4. The number of carbonyl (C=O) groups excluding carboxylic acids is 1. The molecule has 0 saturated carbocycles. The van der Waals surface area contributed by atoms with Crippen molar-refractivity contribution in [2.24, 2.45) is 7.05 Å². The minimum atomic E-state index is -0.711. The molecule has 1 amide bonds. The van der Waals surface area contributed by atoms with Gasteiger partial charge < -0.3 is 9.64 Å². The largest absolute Gasteiger partial charge is 0.476 e. The van der Waals surface area contributed by atoms with Gasteiger partial charge in [0, 0.05) is 18.3 Å². The first-order chi connectivity index (χ1) is 11.3. The summed E-state index contributed by atoms with van der Waals surface area (Å²) in [6.07, 6.45) is -0.0241. The van der Waals surface area contributed by atoms with Crippen molar-refractivity contribution in [2.45, 2.75) is 46.8 Å². The fraction of sp³-hybridized carbons (Fsp3) is 0.444. The first-order valence-electron chi connectivity index (χ1n) is 8.13. The molecule has 24 heavy (non-hydrogen) atoms. The summed E-state index contributed by atoms with van der Waals surface area (Å²) in [5.74, 6) is -0.440. The fourth-order valence-electron chi connectivity index (χ4n) is 3.09. The molecule has 0 unspecified atom stereocenters. The average Bonchev–Trinajstić information content (AvgIpc) is 2.78. The summed E-state index contributed by atoms with van der Waals surface area (Å²) in [6, 6.07) is 3.31. The van der Waals surface area contributed by atoms with E-state index >= 15 is 0 Å². The van der Waals surface area contributed by atoms with Crippen LogP contribution in [-0.4, -0.2) is 21.8 Å². The van der Waals surface area contributed by atoms with Gasteiger partial charge in [0.15, 0.2) is 17.7 Å². The van der Waals surface area contributed by atoms with Crippen molar-refractivity contribution >= 4 is 11.6 Å². The first-order valence-corrected chi connectivity index (χ1v) is 8.13. The number of aromatic nitrogens is 2. The van der Waals surface area contributed by atoms with E-state index in [4.69, 9.17) is 4.74 Å². The second-order valence-corrected chi connectivity index (χ2v) is 6.24. The summed E-state index contributed by atoms with van der Waals surface area (Å²) in [7, 11) is 1.87. The number of aryl methyl sites for hydroxylation is 3. The molecule has 0 radical (unpaired) electrons. The van der Waals surface area contributed by atoms with E-state index in [1.54, 1.807) is 16.5 Å². The van der Waals surface area contributed by atoms with Gasteiger partial charge in [0.25, 0.3) is 5.91 Å². The molecule has 0 spiro atoms. The van der Waals surface area contributed by atoms with Gasteiger partial charge in [0.2, 0.25) is 0 Å². The van der Waals surface area contributed by atoms with Gasteiger partial charge in [-0.15, -0.1) is 0 Å². The monoisotopic (exact) mass is 331 g/mol. The predicted octanol–water partition coefficient (Wildman–Crippen LogP) is 3.05. The van der Waals surface area contributed by atoms with Crippen LogP contribution in [0.15, 0.2) is 12.1 Å². The predicted molar refractivity (Wildman–Crippen MR) is 89.7 cm³/mol. The molecule has 3 rings (SSSR count). The lowest BCUT2D eigenvalue weighted by Crippen LogP contribution is -2.44. The number of rotatable bonds is 3. The zero-order valence-corrected chi connectivity index (χ0v) is 14.7. The zero-order chi connectivity index (χ0) is 17.6. The summed E-state index contributed by atoms with van der Waals surface area (Å²) in [4.78, 5) is 14.3. The van der Waals surface area contributed by atoms with E-state index in [2.05, 4.69) is 5.10 Å². The molecule has 2 heterocycles. The number of carbonyl (C=O) groups is 1. The van der Waals surface area contributed by atoms with E-state index in [9.17, 15) is 9.18 Å². The van der Waals surface area contributed by atoms with Gasteiger partial charge in [-0.3, -0.25) is 9.48 Å². The van der Waals surface area contributed by atoms with E-state index in [0.717, 1.165) is 22.5 Å². The third-order valence-corrected chi connectivity index (χ3v) is 4.67. The second kappa shape index (κ2) is 5.92. The lowest BCUT2D eigenvalue weighted by Gasteiger charge is -2.33. The molecule has 0 aliphatic carbocycles. The van der Waals surface area contributed by atoms with Crippen LogP contribution in [0.1, 0.15) is 36.4 Å². The standard InChI is InChI=1S/C18H22FN3O2/c1-6-13-7-15(19)17-16(8-13)22(18(23)12(4)24-17)9-14-10(2)20-21(5)11(14)3/h7-8,12H,6,9H2,1-5H3/t12-/m1/s1. The highest BCUT2D eigenvalue weighted by Gasteiger charge is 2.34. The van der Waals surface area contributed by atoms with E-state index in [1.165, 1.54) is 6.07 Å². The van der Waals surface area contributed by atoms with Crippen molar-refractivity contribution in [2.75, 3.05) is 4.90 Å². The summed E-state index contributed by atoms with van der Waals surface area (Å²) >= 11 is 0. The molecular formula is C18H22FN3O2. The van der Waals surface area contributed by atoms with Crippen molar-refractivity contribution in [3.05, 3.63) is 40.5 Å². The van der Waals surface area contributed by atoms with Gasteiger partial charge in [-0.25, -0.2) is 4.39 Å². The molecule has 0 fully saturated rings. The smallest absolute Gasteiger partial charge is 0.268 e. The molecule has 1 aliphatic rings. The van der Waals surface area contributed by atoms with Gasteiger partial charge in [-0.2, -0.15) is 5.10 Å². The Morgan fingerprint density at radius 2 is 2.04 bits per heavy atom. The van der Waals surface area contributed by atoms with Crippen LogP contribution in [0, 0.1) is 19.7 Å². The minimum Gasteiger partial charge on any atom is -0.476 e. The molecule has 1 aliphatic heterocycles. The number of amides is 1. The molecule has 1 atom stereocenters. The fourth-order valence-corrected chi connectivity index (χ4v) is 3.09.